The van der Waals surface area contributed by atoms with E-state index < -0.39 is 17.4 Å². The lowest BCUT2D eigenvalue weighted by Crippen LogP contribution is -2.55. The van der Waals surface area contributed by atoms with Crippen LogP contribution in [0.5, 0.6) is 0 Å². The third-order valence-corrected chi connectivity index (χ3v) is 3.71. The van der Waals surface area contributed by atoms with Crippen molar-refractivity contribution in [2.75, 3.05) is 7.11 Å². The first kappa shape index (κ1) is 19.0. The molecule has 1 N–H and O–H groups in total. The van der Waals surface area contributed by atoms with Gasteiger partial charge in [-0.15, -0.1) is 0 Å². The molecule has 1 unspecified atom stereocenters. The number of benzene rings is 1. The van der Waals surface area contributed by atoms with Gasteiger partial charge in [-0.3, -0.25) is 4.79 Å². The van der Waals surface area contributed by atoms with Crippen molar-refractivity contribution in [1.82, 2.24) is 5.32 Å². The minimum atomic E-state index is -1.21. The molecule has 0 saturated carbocycles. The minimum absolute atomic E-state index is 0.137. The van der Waals surface area contributed by atoms with Gasteiger partial charge < -0.3 is 10.1 Å². The zero-order chi connectivity index (χ0) is 17.5. The van der Waals surface area contributed by atoms with Crippen molar-refractivity contribution in [2.24, 2.45) is 5.92 Å². The Bertz CT molecular complexity index is 593. The van der Waals surface area contributed by atoms with E-state index in [1.807, 2.05) is 19.9 Å². The molecule has 0 bridgehead atoms. The maximum atomic E-state index is 12.5. The van der Waals surface area contributed by atoms with Crippen molar-refractivity contribution in [3.8, 4) is 6.07 Å². The van der Waals surface area contributed by atoms with Gasteiger partial charge in [-0.1, -0.05) is 25.4 Å². The van der Waals surface area contributed by atoms with Gasteiger partial charge in [0, 0.05) is 17.0 Å². The number of esters is 1. The number of carbonyl (C=O) groups excluding carboxylic acids is 2. The van der Waals surface area contributed by atoms with E-state index in [9.17, 15) is 9.59 Å². The number of ether oxygens (including phenoxy) is 1. The second-order valence-corrected chi connectivity index (χ2v) is 6.23. The topological polar surface area (TPSA) is 79.2 Å². The normalized spacial score (nSPS) is 13.0. The lowest BCUT2D eigenvalue weighted by Gasteiger charge is -2.33. The second-order valence-electron chi connectivity index (χ2n) is 5.79. The zero-order valence-corrected chi connectivity index (χ0v) is 14.3. The van der Waals surface area contributed by atoms with E-state index in [4.69, 9.17) is 21.6 Å². The molecule has 0 radical (unpaired) electrons. The van der Waals surface area contributed by atoms with Crippen molar-refractivity contribution in [3.05, 3.63) is 34.9 Å². The summed E-state index contributed by atoms with van der Waals surface area (Å²) in [5, 5.41) is 12.2. The molecule has 0 fully saturated rings. The Kier molecular flexibility index (Phi) is 7.05. The van der Waals surface area contributed by atoms with Gasteiger partial charge in [-0.05, 0) is 43.0 Å². The lowest BCUT2D eigenvalue weighted by molar-refractivity contribution is -0.149. The highest BCUT2D eigenvalue weighted by Gasteiger charge is 2.41. The Balaban J connectivity index is 3.11. The summed E-state index contributed by atoms with van der Waals surface area (Å²) in [6, 6.07) is 8.39. The van der Waals surface area contributed by atoms with Crippen molar-refractivity contribution in [1.29, 1.82) is 5.26 Å². The molecule has 23 heavy (non-hydrogen) atoms. The second kappa shape index (κ2) is 8.54. The van der Waals surface area contributed by atoms with Crippen LogP contribution in [-0.2, 0) is 9.53 Å². The fourth-order valence-corrected chi connectivity index (χ4v) is 2.63. The molecule has 1 amide bonds. The Morgan fingerprint density at radius 3 is 2.43 bits per heavy atom. The third kappa shape index (κ3) is 5.26. The quantitative estimate of drug-likeness (QED) is 0.774. The van der Waals surface area contributed by atoms with Crippen LogP contribution >= 0.6 is 11.6 Å². The monoisotopic (exact) mass is 336 g/mol. The van der Waals surface area contributed by atoms with E-state index in [2.05, 4.69) is 5.32 Å². The summed E-state index contributed by atoms with van der Waals surface area (Å²) in [4.78, 5) is 24.8. The lowest BCUT2D eigenvalue weighted by atomic mass is 9.84. The van der Waals surface area contributed by atoms with Gasteiger partial charge in [0.1, 0.15) is 5.54 Å². The highest BCUT2D eigenvalue weighted by Crippen LogP contribution is 2.25. The Labute approximate surface area is 141 Å². The van der Waals surface area contributed by atoms with Crippen molar-refractivity contribution in [2.45, 2.75) is 38.6 Å². The molecule has 1 aromatic carbocycles. The number of nitriles is 1. The number of nitrogens with one attached hydrogen (secondary N) is 1. The molecule has 1 atom stereocenters. The van der Waals surface area contributed by atoms with E-state index in [0.29, 0.717) is 17.0 Å². The molecule has 0 aliphatic carbocycles. The molecule has 1 rings (SSSR count). The van der Waals surface area contributed by atoms with Gasteiger partial charge in [0.05, 0.1) is 13.2 Å². The Morgan fingerprint density at radius 1 is 1.35 bits per heavy atom. The first-order valence-electron chi connectivity index (χ1n) is 7.38. The average molecular weight is 337 g/mol. The van der Waals surface area contributed by atoms with Crippen LogP contribution in [-0.4, -0.2) is 24.5 Å². The number of methoxy groups -OCH3 is 1. The minimum Gasteiger partial charge on any atom is -0.467 e. The first-order valence-corrected chi connectivity index (χ1v) is 7.76. The summed E-state index contributed by atoms with van der Waals surface area (Å²) in [7, 11) is 1.28. The Hall–Kier alpha value is -2.06. The molecule has 0 aliphatic heterocycles. The summed E-state index contributed by atoms with van der Waals surface area (Å²) in [6.07, 6.45) is 0.733. The van der Waals surface area contributed by atoms with Crippen LogP contribution in [0.3, 0.4) is 0 Å². The fourth-order valence-electron chi connectivity index (χ4n) is 2.50. The number of hydrogen-bond donors (Lipinski definition) is 1. The molecular formula is C17H21ClN2O3. The van der Waals surface area contributed by atoms with E-state index in [1.165, 1.54) is 7.11 Å². The first-order chi connectivity index (χ1) is 10.8. The van der Waals surface area contributed by atoms with Crippen LogP contribution in [0, 0.1) is 17.2 Å². The molecule has 0 saturated heterocycles. The number of amides is 1. The number of hydrogen-bond acceptors (Lipinski definition) is 4. The molecule has 5 nitrogen and oxygen atoms in total. The number of halogens is 1. The summed E-state index contributed by atoms with van der Waals surface area (Å²) in [6.45, 7) is 3.89. The van der Waals surface area contributed by atoms with Gasteiger partial charge in [-0.25, -0.2) is 4.79 Å². The summed E-state index contributed by atoms with van der Waals surface area (Å²) in [5.41, 5.74) is -0.821. The zero-order valence-electron chi connectivity index (χ0n) is 13.6. The Morgan fingerprint density at radius 2 is 1.96 bits per heavy atom. The van der Waals surface area contributed by atoms with Crippen LogP contribution in [0.25, 0.3) is 0 Å². The van der Waals surface area contributed by atoms with Crippen molar-refractivity contribution >= 4 is 23.5 Å². The van der Waals surface area contributed by atoms with E-state index in [-0.39, 0.29) is 18.8 Å². The molecule has 1 aromatic rings. The maximum absolute atomic E-state index is 12.5. The van der Waals surface area contributed by atoms with Crippen LogP contribution in [0.2, 0.25) is 5.02 Å². The molecule has 6 heteroatoms. The van der Waals surface area contributed by atoms with Gasteiger partial charge >= 0.3 is 5.97 Å². The molecule has 124 valence electrons. The largest absolute Gasteiger partial charge is 0.467 e. The highest BCUT2D eigenvalue weighted by molar-refractivity contribution is 6.30. The van der Waals surface area contributed by atoms with Crippen molar-refractivity contribution in [3.63, 3.8) is 0 Å². The van der Waals surface area contributed by atoms with E-state index in [1.54, 1.807) is 24.3 Å². The van der Waals surface area contributed by atoms with Gasteiger partial charge in [0.25, 0.3) is 5.91 Å². The summed E-state index contributed by atoms with van der Waals surface area (Å²) in [5.74, 6) is -0.798. The van der Waals surface area contributed by atoms with E-state index in [0.717, 1.165) is 0 Å². The maximum Gasteiger partial charge on any atom is 0.331 e. The molecule has 0 aliphatic rings. The average Bonchev–Trinajstić information content (AvgIpc) is 2.51. The number of nitrogens with zero attached hydrogens (tertiary/aromatic N) is 1. The molecular weight excluding hydrogens is 316 g/mol. The highest BCUT2D eigenvalue weighted by atomic mass is 35.5. The molecule has 0 aromatic heterocycles. The molecule has 0 spiro atoms. The van der Waals surface area contributed by atoms with Gasteiger partial charge in [0.15, 0.2) is 0 Å². The summed E-state index contributed by atoms with van der Waals surface area (Å²) < 4.78 is 4.89. The van der Waals surface area contributed by atoms with Crippen LogP contribution < -0.4 is 5.32 Å². The summed E-state index contributed by atoms with van der Waals surface area (Å²) >= 11 is 5.82. The van der Waals surface area contributed by atoms with Crippen molar-refractivity contribution < 1.29 is 14.3 Å². The third-order valence-electron chi connectivity index (χ3n) is 3.46. The van der Waals surface area contributed by atoms with Crippen LogP contribution in [0.1, 0.15) is 43.5 Å². The van der Waals surface area contributed by atoms with Gasteiger partial charge in [0.2, 0.25) is 0 Å². The molecule has 0 heterocycles. The SMILES string of the molecule is COC(=O)C(CCC#N)(CC(C)C)NC(=O)c1ccc(Cl)cc1. The fraction of sp³-hybridized carbons (Fsp3) is 0.471. The predicted molar refractivity (Wildman–Crippen MR) is 88.0 cm³/mol. The smallest absolute Gasteiger partial charge is 0.331 e. The predicted octanol–water partition coefficient (Wildman–Crippen LogP) is 3.33. The van der Waals surface area contributed by atoms with Crippen LogP contribution in [0.15, 0.2) is 24.3 Å². The standard InChI is InChI=1S/C17H21ClN2O3/c1-12(2)11-17(9-4-10-19,16(22)23-3)20-15(21)13-5-7-14(18)8-6-13/h5-8,12H,4,9,11H2,1-3H3,(H,20,21). The number of rotatable bonds is 7. The number of carbonyl (C=O) groups is 2. The van der Waals surface area contributed by atoms with Gasteiger partial charge in [-0.2, -0.15) is 5.26 Å². The van der Waals surface area contributed by atoms with Crippen LogP contribution in [0.4, 0.5) is 0 Å². The van der Waals surface area contributed by atoms with E-state index >= 15 is 0 Å².